The molecule has 3 atom stereocenters. The average molecular weight is 297 g/mol. The van der Waals surface area contributed by atoms with E-state index in [1.807, 2.05) is 20.8 Å². The van der Waals surface area contributed by atoms with Crippen LogP contribution in [-0.4, -0.2) is 54.2 Å². The Hall–Kier alpha value is -1.14. The Kier molecular flexibility index (Phi) is 5.58. The van der Waals surface area contributed by atoms with Crippen molar-refractivity contribution in [2.45, 2.75) is 70.7 Å². The average Bonchev–Trinajstić information content (AvgIpc) is 2.89. The molecule has 21 heavy (non-hydrogen) atoms. The van der Waals surface area contributed by atoms with E-state index in [0.29, 0.717) is 13.1 Å². The van der Waals surface area contributed by atoms with Crippen LogP contribution in [0.2, 0.25) is 0 Å². The van der Waals surface area contributed by atoms with Crippen LogP contribution in [0.3, 0.4) is 0 Å². The number of morpholine rings is 1. The fourth-order valence-corrected chi connectivity index (χ4v) is 3.21. The van der Waals surface area contributed by atoms with Gasteiger partial charge in [-0.2, -0.15) is 0 Å². The number of amides is 3. The summed E-state index contributed by atoms with van der Waals surface area (Å²) in [5.74, 6) is -0.244. The summed E-state index contributed by atoms with van der Waals surface area (Å²) in [7, 11) is 0. The molecule has 0 aromatic rings. The molecule has 6 heteroatoms. The monoisotopic (exact) mass is 297 g/mol. The molecule has 0 bridgehead atoms. The van der Waals surface area contributed by atoms with Gasteiger partial charge in [-0.3, -0.25) is 15.0 Å². The van der Waals surface area contributed by atoms with Crippen LogP contribution >= 0.6 is 0 Å². The molecule has 2 rings (SSSR count). The highest BCUT2D eigenvalue weighted by Crippen LogP contribution is 2.17. The van der Waals surface area contributed by atoms with Crippen molar-refractivity contribution in [3.8, 4) is 0 Å². The van der Waals surface area contributed by atoms with Gasteiger partial charge in [0.1, 0.15) is 0 Å². The fourth-order valence-electron chi connectivity index (χ4n) is 3.21. The van der Waals surface area contributed by atoms with E-state index in [-0.39, 0.29) is 36.2 Å². The van der Waals surface area contributed by atoms with E-state index < -0.39 is 0 Å². The molecular weight excluding hydrogens is 270 g/mol. The third-order valence-corrected chi connectivity index (χ3v) is 4.30. The minimum atomic E-state index is -0.367. The number of rotatable bonds is 3. The molecule has 1 aliphatic heterocycles. The number of carbonyl (C=O) groups is 2. The summed E-state index contributed by atoms with van der Waals surface area (Å²) in [5, 5.41) is 5.33. The summed E-state index contributed by atoms with van der Waals surface area (Å²) in [4.78, 5) is 26.1. The molecule has 2 aliphatic rings. The predicted molar refractivity (Wildman–Crippen MR) is 80.0 cm³/mol. The summed E-state index contributed by atoms with van der Waals surface area (Å²) in [6.07, 6.45) is 4.54. The molecule has 6 nitrogen and oxygen atoms in total. The number of nitrogens with zero attached hydrogens (tertiary/aromatic N) is 1. The number of carbonyl (C=O) groups excluding carboxylic acids is 2. The van der Waals surface area contributed by atoms with Crippen LogP contribution in [-0.2, 0) is 9.53 Å². The molecular formula is C15H27N3O3. The molecule has 2 fully saturated rings. The molecule has 1 saturated heterocycles. The molecule has 2 N–H and O–H groups in total. The van der Waals surface area contributed by atoms with Gasteiger partial charge in [-0.05, 0) is 33.6 Å². The Balaban J connectivity index is 1.79. The van der Waals surface area contributed by atoms with E-state index in [1.165, 1.54) is 0 Å². The van der Waals surface area contributed by atoms with Crippen LogP contribution in [0.25, 0.3) is 0 Å². The number of nitrogens with one attached hydrogen (secondary N) is 2. The lowest BCUT2D eigenvalue weighted by Crippen LogP contribution is -2.56. The van der Waals surface area contributed by atoms with E-state index in [2.05, 4.69) is 15.5 Å². The smallest absolute Gasteiger partial charge is 0.321 e. The second-order valence-electron chi connectivity index (χ2n) is 6.33. The zero-order chi connectivity index (χ0) is 15.4. The first-order chi connectivity index (χ1) is 9.95. The van der Waals surface area contributed by atoms with Crippen LogP contribution < -0.4 is 10.6 Å². The van der Waals surface area contributed by atoms with Crippen molar-refractivity contribution >= 4 is 11.9 Å². The third kappa shape index (κ3) is 4.68. The zero-order valence-corrected chi connectivity index (χ0v) is 13.2. The number of ether oxygens (including phenoxy) is 1. The third-order valence-electron chi connectivity index (χ3n) is 4.30. The molecule has 0 spiro atoms. The van der Waals surface area contributed by atoms with E-state index in [1.54, 1.807) is 0 Å². The van der Waals surface area contributed by atoms with Crippen LogP contribution in [0, 0.1) is 0 Å². The first-order valence-corrected chi connectivity index (χ1v) is 7.96. The lowest BCUT2D eigenvalue weighted by molar-refractivity contribution is -0.130. The van der Waals surface area contributed by atoms with Crippen LogP contribution in [0.4, 0.5) is 4.79 Å². The maximum atomic E-state index is 12.2. The second kappa shape index (κ2) is 7.22. The largest absolute Gasteiger partial charge is 0.373 e. The highest BCUT2D eigenvalue weighted by Gasteiger charge is 2.30. The standard InChI is InChI=1S/C15H27N3O3/c1-10-8-18(9-11(2)21-10)12(3)14(19)17-15(20)16-13-6-4-5-7-13/h10-13H,4-9H2,1-3H3,(H2,16,17,19,20)/t10-,11-,12-/m1/s1. The van der Waals surface area contributed by atoms with Crippen molar-refractivity contribution in [2.75, 3.05) is 13.1 Å². The van der Waals surface area contributed by atoms with E-state index >= 15 is 0 Å². The van der Waals surface area contributed by atoms with Crippen molar-refractivity contribution in [1.29, 1.82) is 0 Å². The predicted octanol–water partition coefficient (Wildman–Crippen LogP) is 1.25. The maximum absolute atomic E-state index is 12.2. The van der Waals surface area contributed by atoms with Crippen molar-refractivity contribution in [3.05, 3.63) is 0 Å². The molecule has 3 amide bonds. The van der Waals surface area contributed by atoms with Gasteiger partial charge in [0.15, 0.2) is 0 Å². The van der Waals surface area contributed by atoms with Gasteiger partial charge in [0.2, 0.25) is 5.91 Å². The first-order valence-electron chi connectivity index (χ1n) is 7.96. The summed E-state index contributed by atoms with van der Waals surface area (Å²) >= 11 is 0. The molecule has 0 aromatic carbocycles. The Bertz CT molecular complexity index is 372. The SMILES string of the molecule is C[C@@H]1CN([C@H](C)C(=O)NC(=O)NC2CCCC2)C[C@@H](C)O1. The fraction of sp³-hybridized carbons (Fsp3) is 0.867. The Morgan fingerprint density at radius 1 is 1.14 bits per heavy atom. The molecule has 0 radical (unpaired) electrons. The second-order valence-corrected chi connectivity index (χ2v) is 6.33. The topological polar surface area (TPSA) is 70.7 Å². The van der Waals surface area contributed by atoms with Gasteiger partial charge in [0.05, 0.1) is 18.2 Å². The van der Waals surface area contributed by atoms with Crippen molar-refractivity contribution < 1.29 is 14.3 Å². The molecule has 120 valence electrons. The van der Waals surface area contributed by atoms with Crippen LogP contribution in [0.1, 0.15) is 46.5 Å². The van der Waals surface area contributed by atoms with Gasteiger partial charge in [0.25, 0.3) is 0 Å². The van der Waals surface area contributed by atoms with Gasteiger partial charge in [-0.1, -0.05) is 12.8 Å². The summed E-state index contributed by atoms with van der Waals surface area (Å²) < 4.78 is 5.66. The van der Waals surface area contributed by atoms with Crippen LogP contribution in [0.15, 0.2) is 0 Å². The summed E-state index contributed by atoms with van der Waals surface area (Å²) in [6.45, 7) is 7.26. The Labute approximate surface area is 126 Å². The maximum Gasteiger partial charge on any atom is 0.321 e. The molecule has 1 heterocycles. The van der Waals surface area contributed by atoms with E-state index in [4.69, 9.17) is 4.74 Å². The number of urea groups is 1. The minimum Gasteiger partial charge on any atom is -0.373 e. The minimum absolute atomic E-state index is 0.108. The van der Waals surface area contributed by atoms with Gasteiger partial charge >= 0.3 is 6.03 Å². The van der Waals surface area contributed by atoms with Gasteiger partial charge in [-0.15, -0.1) is 0 Å². The highest BCUT2D eigenvalue weighted by molar-refractivity contribution is 5.96. The number of hydrogen-bond acceptors (Lipinski definition) is 4. The lowest BCUT2D eigenvalue weighted by atomic mass is 10.1. The van der Waals surface area contributed by atoms with Crippen molar-refractivity contribution in [2.24, 2.45) is 0 Å². The summed E-state index contributed by atoms with van der Waals surface area (Å²) in [5.41, 5.74) is 0. The molecule has 0 unspecified atom stereocenters. The van der Waals surface area contributed by atoms with Gasteiger partial charge in [-0.25, -0.2) is 4.79 Å². The van der Waals surface area contributed by atoms with E-state index in [0.717, 1.165) is 25.7 Å². The van der Waals surface area contributed by atoms with Gasteiger partial charge < -0.3 is 10.1 Å². The first kappa shape index (κ1) is 16.2. The van der Waals surface area contributed by atoms with Crippen LogP contribution in [0.5, 0.6) is 0 Å². The van der Waals surface area contributed by atoms with E-state index in [9.17, 15) is 9.59 Å². The normalized spacial score (nSPS) is 29.1. The molecule has 0 aromatic heterocycles. The summed E-state index contributed by atoms with van der Waals surface area (Å²) in [6, 6.07) is -0.474. The Morgan fingerprint density at radius 3 is 2.29 bits per heavy atom. The number of imide groups is 1. The quantitative estimate of drug-likeness (QED) is 0.822. The Morgan fingerprint density at radius 2 is 1.71 bits per heavy atom. The highest BCUT2D eigenvalue weighted by atomic mass is 16.5. The lowest BCUT2D eigenvalue weighted by Gasteiger charge is -2.38. The van der Waals surface area contributed by atoms with Gasteiger partial charge in [0, 0.05) is 19.1 Å². The molecule has 1 saturated carbocycles. The molecule has 1 aliphatic carbocycles. The number of hydrogen-bond donors (Lipinski definition) is 2. The van der Waals surface area contributed by atoms with Crippen molar-refractivity contribution in [1.82, 2.24) is 15.5 Å². The zero-order valence-electron chi connectivity index (χ0n) is 13.2. The van der Waals surface area contributed by atoms with Crippen molar-refractivity contribution in [3.63, 3.8) is 0 Å².